The number of amides is 2. The lowest BCUT2D eigenvalue weighted by Crippen LogP contribution is -2.34. The van der Waals surface area contributed by atoms with Crippen LogP contribution < -0.4 is 16.0 Å². The van der Waals surface area contributed by atoms with E-state index < -0.39 is 0 Å². The Bertz CT molecular complexity index is 363. The maximum Gasteiger partial charge on any atom is 0.287 e. The fourth-order valence-electron chi connectivity index (χ4n) is 1.39. The second kappa shape index (κ2) is 8.30. The van der Waals surface area contributed by atoms with Crippen LogP contribution in [0.2, 0.25) is 0 Å². The molecule has 0 aliphatic heterocycles. The van der Waals surface area contributed by atoms with Crippen LogP contribution in [0.1, 0.15) is 23.4 Å². The Labute approximate surface area is 106 Å². The molecule has 0 bridgehead atoms. The van der Waals surface area contributed by atoms with Gasteiger partial charge in [-0.05, 0) is 32.1 Å². The predicted octanol–water partition coefficient (Wildman–Crippen LogP) is 0.125. The molecule has 1 aromatic rings. The van der Waals surface area contributed by atoms with Gasteiger partial charge in [-0.3, -0.25) is 9.59 Å². The molecule has 0 spiro atoms. The molecule has 3 N–H and O–H groups in total. The van der Waals surface area contributed by atoms with Gasteiger partial charge in [0.2, 0.25) is 5.91 Å². The third kappa shape index (κ3) is 5.49. The van der Waals surface area contributed by atoms with E-state index in [9.17, 15) is 9.59 Å². The van der Waals surface area contributed by atoms with E-state index in [4.69, 9.17) is 4.42 Å². The lowest BCUT2D eigenvalue weighted by Gasteiger charge is -2.06. The molecule has 1 rings (SSSR count). The van der Waals surface area contributed by atoms with Gasteiger partial charge in [-0.1, -0.05) is 0 Å². The van der Waals surface area contributed by atoms with E-state index in [0.717, 1.165) is 13.0 Å². The molecule has 0 saturated heterocycles. The monoisotopic (exact) mass is 253 g/mol. The van der Waals surface area contributed by atoms with E-state index in [-0.39, 0.29) is 17.6 Å². The zero-order valence-electron chi connectivity index (χ0n) is 10.5. The fraction of sp³-hybridized carbons (Fsp3) is 0.500. The van der Waals surface area contributed by atoms with Crippen LogP contribution in [0, 0.1) is 0 Å². The van der Waals surface area contributed by atoms with Gasteiger partial charge in [0.25, 0.3) is 5.91 Å². The van der Waals surface area contributed by atoms with Gasteiger partial charge in [0, 0.05) is 19.5 Å². The molecule has 18 heavy (non-hydrogen) atoms. The topological polar surface area (TPSA) is 83.4 Å². The van der Waals surface area contributed by atoms with Gasteiger partial charge in [-0.25, -0.2) is 0 Å². The van der Waals surface area contributed by atoms with Crippen LogP contribution in [0.3, 0.4) is 0 Å². The standard InChI is InChI=1S/C12H19N3O3/c1-13-6-2-5-11(16)14-7-8-15-12(17)10-4-3-9-18-10/h3-4,9,13H,2,5-8H2,1H3,(H,14,16)(H,15,17). The molecule has 6 heteroatoms. The molecule has 1 heterocycles. The minimum absolute atomic E-state index is 0.00232. The summed E-state index contributed by atoms with van der Waals surface area (Å²) in [6.45, 7) is 1.63. The first kappa shape index (κ1) is 14.2. The second-order valence-electron chi connectivity index (χ2n) is 3.79. The SMILES string of the molecule is CNCCCC(=O)NCCNC(=O)c1ccco1. The van der Waals surface area contributed by atoms with Crippen molar-refractivity contribution in [3.63, 3.8) is 0 Å². The highest BCUT2D eigenvalue weighted by atomic mass is 16.3. The van der Waals surface area contributed by atoms with Crippen molar-refractivity contribution < 1.29 is 14.0 Å². The van der Waals surface area contributed by atoms with E-state index in [2.05, 4.69) is 16.0 Å². The van der Waals surface area contributed by atoms with Gasteiger partial charge in [0.15, 0.2) is 5.76 Å². The van der Waals surface area contributed by atoms with Crippen LogP contribution >= 0.6 is 0 Å². The average Bonchev–Trinajstić information content (AvgIpc) is 2.88. The Kier molecular flexibility index (Phi) is 6.56. The van der Waals surface area contributed by atoms with E-state index in [1.165, 1.54) is 6.26 Å². The summed E-state index contributed by atoms with van der Waals surface area (Å²) >= 11 is 0. The van der Waals surface area contributed by atoms with Crippen LogP contribution in [0.15, 0.2) is 22.8 Å². The molecule has 0 unspecified atom stereocenters. The smallest absolute Gasteiger partial charge is 0.287 e. The maximum absolute atomic E-state index is 11.4. The molecule has 6 nitrogen and oxygen atoms in total. The molecule has 0 atom stereocenters. The first-order chi connectivity index (χ1) is 8.74. The van der Waals surface area contributed by atoms with E-state index in [1.54, 1.807) is 12.1 Å². The van der Waals surface area contributed by atoms with E-state index in [0.29, 0.717) is 19.5 Å². The highest BCUT2D eigenvalue weighted by molar-refractivity contribution is 5.91. The largest absolute Gasteiger partial charge is 0.459 e. The number of carbonyl (C=O) groups excluding carboxylic acids is 2. The number of hydrogen-bond acceptors (Lipinski definition) is 4. The molecular formula is C12H19N3O3. The number of nitrogens with one attached hydrogen (secondary N) is 3. The quantitative estimate of drug-likeness (QED) is 0.575. The summed E-state index contributed by atoms with van der Waals surface area (Å²) in [7, 11) is 1.85. The lowest BCUT2D eigenvalue weighted by molar-refractivity contribution is -0.121. The third-order valence-electron chi connectivity index (χ3n) is 2.31. The molecule has 0 fully saturated rings. The highest BCUT2D eigenvalue weighted by Gasteiger charge is 2.07. The molecule has 1 aromatic heterocycles. The van der Waals surface area contributed by atoms with Crippen molar-refractivity contribution in [3.8, 4) is 0 Å². The Morgan fingerprint density at radius 2 is 2.00 bits per heavy atom. The van der Waals surface area contributed by atoms with Gasteiger partial charge < -0.3 is 20.4 Å². The summed E-state index contributed by atoms with van der Waals surface area (Å²) in [5.74, 6) is -0.00252. The first-order valence-corrected chi connectivity index (χ1v) is 5.97. The van der Waals surface area contributed by atoms with Crippen molar-refractivity contribution in [1.82, 2.24) is 16.0 Å². The van der Waals surface area contributed by atoms with Crippen molar-refractivity contribution in [2.45, 2.75) is 12.8 Å². The van der Waals surface area contributed by atoms with Crippen LogP contribution in [0.4, 0.5) is 0 Å². The molecule has 0 saturated carbocycles. The van der Waals surface area contributed by atoms with Crippen LogP contribution in [-0.4, -0.2) is 38.5 Å². The lowest BCUT2D eigenvalue weighted by atomic mass is 10.3. The Hall–Kier alpha value is -1.82. The highest BCUT2D eigenvalue weighted by Crippen LogP contribution is 1.98. The molecular weight excluding hydrogens is 234 g/mol. The minimum atomic E-state index is -0.274. The Morgan fingerprint density at radius 3 is 2.67 bits per heavy atom. The second-order valence-corrected chi connectivity index (χ2v) is 3.79. The Morgan fingerprint density at radius 1 is 1.22 bits per heavy atom. The van der Waals surface area contributed by atoms with Crippen molar-refractivity contribution in [1.29, 1.82) is 0 Å². The first-order valence-electron chi connectivity index (χ1n) is 5.97. The fourth-order valence-corrected chi connectivity index (χ4v) is 1.39. The normalized spacial score (nSPS) is 10.1. The third-order valence-corrected chi connectivity index (χ3v) is 2.31. The molecule has 0 radical (unpaired) electrons. The van der Waals surface area contributed by atoms with Crippen LogP contribution in [0.5, 0.6) is 0 Å². The Balaban J connectivity index is 2.04. The summed E-state index contributed by atoms with van der Waals surface area (Å²) in [6.07, 6.45) is 2.74. The minimum Gasteiger partial charge on any atom is -0.459 e. The summed E-state index contributed by atoms with van der Waals surface area (Å²) in [5, 5.41) is 8.35. The number of carbonyl (C=O) groups is 2. The van der Waals surface area contributed by atoms with Crippen LogP contribution in [0.25, 0.3) is 0 Å². The van der Waals surface area contributed by atoms with Gasteiger partial charge >= 0.3 is 0 Å². The van der Waals surface area contributed by atoms with Crippen molar-refractivity contribution in [2.24, 2.45) is 0 Å². The van der Waals surface area contributed by atoms with Crippen molar-refractivity contribution in [3.05, 3.63) is 24.2 Å². The van der Waals surface area contributed by atoms with Crippen molar-refractivity contribution >= 4 is 11.8 Å². The molecule has 0 aliphatic rings. The number of hydrogen-bond donors (Lipinski definition) is 3. The zero-order chi connectivity index (χ0) is 13.2. The molecule has 2 amide bonds. The zero-order valence-corrected chi connectivity index (χ0v) is 10.5. The summed E-state index contributed by atoms with van der Waals surface area (Å²) in [4.78, 5) is 22.8. The molecule has 0 aliphatic carbocycles. The predicted molar refractivity (Wildman–Crippen MR) is 67.2 cm³/mol. The van der Waals surface area contributed by atoms with Crippen molar-refractivity contribution in [2.75, 3.05) is 26.7 Å². The average molecular weight is 253 g/mol. The van der Waals surface area contributed by atoms with Crippen LogP contribution in [-0.2, 0) is 4.79 Å². The van der Waals surface area contributed by atoms with Gasteiger partial charge in [0.05, 0.1) is 6.26 Å². The number of furan rings is 1. The summed E-state index contributed by atoms with van der Waals surface area (Å²) in [5.41, 5.74) is 0. The summed E-state index contributed by atoms with van der Waals surface area (Å²) < 4.78 is 4.93. The molecule has 0 aromatic carbocycles. The van der Waals surface area contributed by atoms with Gasteiger partial charge in [-0.15, -0.1) is 0 Å². The van der Waals surface area contributed by atoms with Gasteiger partial charge in [0.1, 0.15) is 0 Å². The van der Waals surface area contributed by atoms with E-state index >= 15 is 0 Å². The molecule has 100 valence electrons. The number of rotatable bonds is 8. The van der Waals surface area contributed by atoms with Gasteiger partial charge in [-0.2, -0.15) is 0 Å². The van der Waals surface area contributed by atoms with E-state index in [1.807, 2.05) is 7.05 Å². The summed E-state index contributed by atoms with van der Waals surface area (Å²) in [6, 6.07) is 3.24. The maximum atomic E-state index is 11.4.